The van der Waals surface area contributed by atoms with Crippen molar-refractivity contribution in [1.82, 2.24) is 14.9 Å². The summed E-state index contributed by atoms with van der Waals surface area (Å²) in [6.45, 7) is 4.12. The van der Waals surface area contributed by atoms with Gasteiger partial charge in [-0.15, -0.1) is 0 Å². The Bertz CT molecular complexity index is 1070. The molecule has 4 rings (SSSR count). The van der Waals surface area contributed by atoms with Crippen LogP contribution in [0.3, 0.4) is 0 Å². The number of thioether (sulfide) groups is 1. The van der Waals surface area contributed by atoms with Crippen LogP contribution in [0.15, 0.2) is 60.0 Å². The van der Waals surface area contributed by atoms with Crippen molar-refractivity contribution in [2.24, 2.45) is 0 Å². The Kier molecular flexibility index (Phi) is 5.90. The van der Waals surface area contributed by atoms with Gasteiger partial charge in [-0.3, -0.25) is 14.2 Å². The lowest BCUT2D eigenvalue weighted by Crippen LogP contribution is -2.25. The lowest BCUT2D eigenvalue weighted by molar-refractivity contribution is -0.113. The molecule has 1 saturated carbocycles. The van der Waals surface area contributed by atoms with Crippen molar-refractivity contribution in [1.29, 1.82) is 0 Å². The van der Waals surface area contributed by atoms with E-state index in [0.717, 1.165) is 23.7 Å². The van der Waals surface area contributed by atoms with Gasteiger partial charge in [-0.05, 0) is 68.1 Å². The van der Waals surface area contributed by atoms with Gasteiger partial charge in [0.05, 0.1) is 5.75 Å². The maximum atomic E-state index is 12.5. The van der Waals surface area contributed by atoms with E-state index >= 15 is 0 Å². The maximum absolute atomic E-state index is 12.5. The number of benzene rings is 2. The lowest BCUT2D eigenvalue weighted by atomic mass is 10.1. The molecule has 1 fully saturated rings. The summed E-state index contributed by atoms with van der Waals surface area (Å²) >= 11 is 1.38. The second-order valence-corrected chi connectivity index (χ2v) is 8.53. The second kappa shape index (κ2) is 8.75. The smallest absolute Gasteiger partial charge is 0.251 e. The largest absolute Gasteiger partial charge is 0.349 e. The van der Waals surface area contributed by atoms with Crippen molar-refractivity contribution >= 4 is 29.3 Å². The van der Waals surface area contributed by atoms with Crippen molar-refractivity contribution in [3.63, 3.8) is 0 Å². The highest BCUT2D eigenvalue weighted by Gasteiger charge is 2.23. The first-order valence-corrected chi connectivity index (χ1v) is 10.9. The summed E-state index contributed by atoms with van der Waals surface area (Å²) in [6, 6.07) is 13.6. The van der Waals surface area contributed by atoms with Crippen molar-refractivity contribution < 1.29 is 9.59 Å². The second-order valence-electron chi connectivity index (χ2n) is 7.59. The van der Waals surface area contributed by atoms with E-state index in [4.69, 9.17) is 0 Å². The van der Waals surface area contributed by atoms with Crippen LogP contribution in [-0.4, -0.2) is 33.2 Å². The van der Waals surface area contributed by atoms with Gasteiger partial charge >= 0.3 is 0 Å². The number of aromatic nitrogens is 2. The SMILES string of the molecule is Cc1cc(C)cc(-n2ccnc2SCC(=O)Nc2cccc(C(=O)NC3CC3)c2)c1. The average Bonchev–Trinajstić information content (AvgIpc) is 3.39. The van der Waals surface area contributed by atoms with Crippen LogP contribution >= 0.6 is 11.8 Å². The zero-order chi connectivity index (χ0) is 21.1. The molecular weight excluding hydrogens is 396 g/mol. The monoisotopic (exact) mass is 420 g/mol. The minimum Gasteiger partial charge on any atom is -0.349 e. The molecule has 0 radical (unpaired) electrons. The van der Waals surface area contributed by atoms with Gasteiger partial charge < -0.3 is 10.6 Å². The quantitative estimate of drug-likeness (QED) is 0.564. The highest BCUT2D eigenvalue weighted by molar-refractivity contribution is 7.99. The van der Waals surface area contributed by atoms with E-state index in [9.17, 15) is 9.59 Å². The molecule has 0 unspecified atom stereocenters. The zero-order valence-corrected chi connectivity index (χ0v) is 17.8. The van der Waals surface area contributed by atoms with Gasteiger partial charge in [0.25, 0.3) is 5.91 Å². The van der Waals surface area contributed by atoms with Crippen molar-refractivity contribution in [3.8, 4) is 5.69 Å². The van der Waals surface area contributed by atoms with E-state index in [2.05, 4.69) is 47.7 Å². The van der Waals surface area contributed by atoms with Crippen LogP contribution in [0.2, 0.25) is 0 Å². The van der Waals surface area contributed by atoms with E-state index in [-0.39, 0.29) is 17.6 Å². The number of aryl methyl sites for hydroxylation is 2. The molecule has 154 valence electrons. The summed E-state index contributed by atoms with van der Waals surface area (Å²) < 4.78 is 1.99. The van der Waals surface area contributed by atoms with E-state index < -0.39 is 0 Å². The zero-order valence-electron chi connectivity index (χ0n) is 17.0. The van der Waals surface area contributed by atoms with E-state index in [1.54, 1.807) is 30.5 Å². The number of hydrogen-bond acceptors (Lipinski definition) is 4. The summed E-state index contributed by atoms with van der Waals surface area (Å²) in [5, 5.41) is 6.58. The summed E-state index contributed by atoms with van der Waals surface area (Å²) in [5.74, 6) is -0.0199. The number of imidazole rings is 1. The number of hydrogen-bond donors (Lipinski definition) is 2. The lowest BCUT2D eigenvalue weighted by Gasteiger charge is -2.10. The molecule has 6 nitrogen and oxygen atoms in total. The molecule has 1 aliphatic carbocycles. The van der Waals surface area contributed by atoms with E-state index in [1.807, 2.05) is 10.8 Å². The Morgan fingerprint density at radius 2 is 1.90 bits per heavy atom. The Morgan fingerprint density at radius 3 is 2.63 bits per heavy atom. The molecule has 7 heteroatoms. The molecule has 1 aromatic heterocycles. The highest BCUT2D eigenvalue weighted by Crippen LogP contribution is 2.23. The van der Waals surface area contributed by atoms with Crippen LogP contribution in [0.4, 0.5) is 5.69 Å². The highest BCUT2D eigenvalue weighted by atomic mass is 32.2. The number of anilines is 1. The molecule has 30 heavy (non-hydrogen) atoms. The van der Waals surface area contributed by atoms with Crippen LogP contribution in [0.25, 0.3) is 5.69 Å². The van der Waals surface area contributed by atoms with Gasteiger partial charge in [-0.2, -0.15) is 0 Å². The minimum absolute atomic E-state index is 0.0987. The molecule has 0 aliphatic heterocycles. The summed E-state index contributed by atoms with van der Waals surface area (Å²) in [7, 11) is 0. The fourth-order valence-electron chi connectivity index (χ4n) is 3.24. The Balaban J connectivity index is 1.38. The molecule has 2 aromatic carbocycles. The van der Waals surface area contributed by atoms with Gasteiger partial charge in [-0.1, -0.05) is 23.9 Å². The normalized spacial score (nSPS) is 13.1. The number of amides is 2. The van der Waals surface area contributed by atoms with E-state index in [0.29, 0.717) is 17.3 Å². The molecule has 3 aromatic rings. The molecule has 0 saturated heterocycles. The third kappa shape index (κ3) is 5.10. The summed E-state index contributed by atoms with van der Waals surface area (Å²) in [6.07, 6.45) is 5.71. The predicted octanol–water partition coefficient (Wildman–Crippen LogP) is 4.11. The van der Waals surface area contributed by atoms with Gasteiger partial charge in [0.15, 0.2) is 5.16 Å². The van der Waals surface area contributed by atoms with Gasteiger partial charge in [0.2, 0.25) is 5.91 Å². The molecular formula is C23H24N4O2S. The van der Waals surface area contributed by atoms with Crippen molar-refractivity contribution in [2.75, 3.05) is 11.1 Å². The van der Waals surface area contributed by atoms with Crippen LogP contribution in [0.1, 0.15) is 34.3 Å². The predicted molar refractivity (Wildman–Crippen MR) is 119 cm³/mol. The number of carbonyl (C=O) groups excluding carboxylic acids is 2. The molecule has 0 bridgehead atoms. The van der Waals surface area contributed by atoms with Gasteiger partial charge in [0, 0.05) is 35.4 Å². The fraction of sp³-hybridized carbons (Fsp3) is 0.261. The third-order valence-corrected chi connectivity index (χ3v) is 5.71. The number of rotatable bonds is 7. The minimum atomic E-state index is -0.144. The standard InChI is InChI=1S/C23H24N4O2S/c1-15-10-16(2)12-20(11-15)27-9-8-24-23(27)30-14-21(28)25-19-5-3-4-17(13-19)22(29)26-18-6-7-18/h3-5,8-13,18H,6-7,14H2,1-2H3,(H,25,28)(H,26,29). The van der Waals surface area contributed by atoms with Gasteiger partial charge in [-0.25, -0.2) is 4.98 Å². The molecule has 1 heterocycles. The maximum Gasteiger partial charge on any atom is 0.251 e. The molecule has 0 atom stereocenters. The first-order chi connectivity index (χ1) is 14.5. The number of nitrogens with zero attached hydrogens (tertiary/aromatic N) is 2. The van der Waals surface area contributed by atoms with Crippen LogP contribution in [0.5, 0.6) is 0 Å². The Morgan fingerprint density at radius 1 is 1.13 bits per heavy atom. The Labute approximate surface area is 180 Å². The molecule has 2 N–H and O–H groups in total. The summed E-state index contributed by atoms with van der Waals surface area (Å²) in [5.41, 5.74) is 4.55. The summed E-state index contributed by atoms with van der Waals surface area (Å²) in [4.78, 5) is 29.1. The fourth-order valence-corrected chi connectivity index (χ4v) is 4.02. The molecule has 1 aliphatic rings. The van der Waals surface area contributed by atoms with Crippen molar-refractivity contribution in [3.05, 3.63) is 71.5 Å². The topological polar surface area (TPSA) is 76.0 Å². The van der Waals surface area contributed by atoms with E-state index in [1.165, 1.54) is 22.9 Å². The molecule has 2 amide bonds. The first-order valence-electron chi connectivity index (χ1n) is 9.93. The third-order valence-electron chi connectivity index (χ3n) is 4.74. The molecule has 0 spiro atoms. The number of carbonyl (C=O) groups is 2. The average molecular weight is 421 g/mol. The first kappa shape index (κ1) is 20.2. The number of nitrogens with one attached hydrogen (secondary N) is 2. The van der Waals surface area contributed by atoms with Gasteiger partial charge in [0.1, 0.15) is 0 Å². The van der Waals surface area contributed by atoms with Crippen LogP contribution in [0, 0.1) is 13.8 Å². The van der Waals surface area contributed by atoms with Crippen LogP contribution < -0.4 is 10.6 Å². The van der Waals surface area contributed by atoms with Crippen molar-refractivity contribution in [2.45, 2.75) is 37.9 Å². The van der Waals surface area contributed by atoms with Crippen LogP contribution in [-0.2, 0) is 4.79 Å². The Hall–Kier alpha value is -3.06.